The fourth-order valence-corrected chi connectivity index (χ4v) is 5.55. The summed E-state index contributed by atoms with van der Waals surface area (Å²) >= 11 is 1.74. The number of rotatable bonds is 6. The molecule has 1 heterocycles. The van der Waals surface area contributed by atoms with Crippen LogP contribution in [0.1, 0.15) is 34.1 Å². The number of anilines is 2. The van der Waals surface area contributed by atoms with Crippen LogP contribution >= 0.6 is 11.8 Å². The molecule has 0 radical (unpaired) electrons. The van der Waals surface area contributed by atoms with Gasteiger partial charge in [0.25, 0.3) is 0 Å². The number of aliphatic hydroxyl groups excluding tert-OH is 2. The summed E-state index contributed by atoms with van der Waals surface area (Å²) in [6.45, 7) is -0.0269. The molecule has 0 aliphatic carbocycles. The quantitative estimate of drug-likeness (QED) is 0.297. The van der Waals surface area contributed by atoms with E-state index in [4.69, 9.17) is 0 Å². The standard InChI is InChI=1S/C28H25NO2S/c30-17-22(19-9-3-1-4-10-19)21-15-16-26-28(29-24-13-7-8-14-25(24)32-26)27(21)23(18-31)20-11-5-2-6-12-20/h1-16,22-23,29-31H,17-18H2. The van der Waals surface area contributed by atoms with Gasteiger partial charge in [0.2, 0.25) is 0 Å². The Morgan fingerprint density at radius 1 is 0.625 bits per heavy atom. The Labute approximate surface area is 192 Å². The molecule has 3 nitrogen and oxygen atoms in total. The average Bonchev–Trinajstić information content (AvgIpc) is 2.86. The Balaban J connectivity index is 1.73. The highest BCUT2D eigenvalue weighted by Gasteiger charge is 2.29. The number of nitrogens with one attached hydrogen (secondary N) is 1. The zero-order chi connectivity index (χ0) is 21.9. The summed E-state index contributed by atoms with van der Waals surface area (Å²) in [5.74, 6) is -0.393. The molecule has 0 bridgehead atoms. The fourth-order valence-electron chi connectivity index (χ4n) is 4.54. The van der Waals surface area contributed by atoms with Crippen LogP contribution in [0.5, 0.6) is 0 Å². The molecule has 4 heteroatoms. The van der Waals surface area contributed by atoms with Crippen LogP contribution in [0.2, 0.25) is 0 Å². The molecule has 2 unspecified atom stereocenters. The van der Waals surface area contributed by atoms with E-state index >= 15 is 0 Å². The van der Waals surface area contributed by atoms with E-state index in [1.165, 1.54) is 4.90 Å². The van der Waals surface area contributed by atoms with Gasteiger partial charge in [0.15, 0.2) is 0 Å². The molecule has 1 aliphatic heterocycles. The maximum absolute atomic E-state index is 10.6. The van der Waals surface area contributed by atoms with Crippen LogP contribution in [0.3, 0.4) is 0 Å². The van der Waals surface area contributed by atoms with E-state index in [-0.39, 0.29) is 25.0 Å². The number of aliphatic hydroxyl groups is 2. The third-order valence-electron chi connectivity index (χ3n) is 6.10. The molecule has 3 N–H and O–H groups in total. The highest BCUT2D eigenvalue weighted by atomic mass is 32.2. The Bertz CT molecular complexity index is 1210. The van der Waals surface area contributed by atoms with Crippen LogP contribution in [-0.4, -0.2) is 23.4 Å². The fraction of sp³-hybridized carbons (Fsp3) is 0.143. The summed E-state index contributed by atoms with van der Waals surface area (Å²) in [5.41, 5.74) is 6.27. The lowest BCUT2D eigenvalue weighted by atomic mass is 9.80. The van der Waals surface area contributed by atoms with Crippen LogP contribution in [0.4, 0.5) is 11.4 Å². The summed E-state index contributed by atoms with van der Waals surface area (Å²) in [6.07, 6.45) is 0. The van der Waals surface area contributed by atoms with Crippen molar-refractivity contribution in [1.82, 2.24) is 0 Å². The Morgan fingerprint density at radius 3 is 1.88 bits per heavy atom. The number of para-hydroxylation sites is 1. The van der Waals surface area contributed by atoms with Crippen molar-refractivity contribution < 1.29 is 10.2 Å². The molecule has 4 aromatic rings. The Hall–Kier alpha value is -3.05. The van der Waals surface area contributed by atoms with Crippen molar-refractivity contribution in [2.45, 2.75) is 21.6 Å². The molecule has 0 saturated carbocycles. The van der Waals surface area contributed by atoms with Crippen molar-refractivity contribution in [3.8, 4) is 0 Å². The third-order valence-corrected chi connectivity index (χ3v) is 7.24. The lowest BCUT2D eigenvalue weighted by Gasteiger charge is -2.31. The Kier molecular flexibility index (Phi) is 5.99. The van der Waals surface area contributed by atoms with Crippen LogP contribution in [0.15, 0.2) is 107 Å². The van der Waals surface area contributed by atoms with Gasteiger partial charge in [0.1, 0.15) is 0 Å². The van der Waals surface area contributed by atoms with Crippen molar-refractivity contribution in [3.63, 3.8) is 0 Å². The van der Waals surface area contributed by atoms with E-state index in [1.807, 2.05) is 48.5 Å². The minimum atomic E-state index is -0.211. The second-order valence-electron chi connectivity index (χ2n) is 7.96. The second kappa shape index (κ2) is 9.21. The molecule has 1 aliphatic rings. The first kappa shape index (κ1) is 20.8. The topological polar surface area (TPSA) is 52.5 Å². The number of hydrogen-bond donors (Lipinski definition) is 3. The van der Waals surface area contributed by atoms with Crippen LogP contribution < -0.4 is 5.32 Å². The normalized spacial score (nSPS) is 14.1. The molecule has 0 spiro atoms. The summed E-state index contributed by atoms with van der Waals surface area (Å²) in [6, 6.07) is 32.7. The van der Waals surface area contributed by atoms with Gasteiger partial charge in [-0.2, -0.15) is 0 Å². The minimum Gasteiger partial charge on any atom is -0.395 e. The van der Waals surface area contributed by atoms with Crippen molar-refractivity contribution in [2.75, 3.05) is 18.5 Å². The molecule has 0 amide bonds. The molecule has 0 fully saturated rings. The minimum absolute atomic E-state index is 0.00747. The van der Waals surface area contributed by atoms with E-state index < -0.39 is 0 Å². The van der Waals surface area contributed by atoms with E-state index in [2.05, 4.69) is 53.8 Å². The SMILES string of the molecule is OCC(c1ccccc1)c1ccc2c(c1C(CO)c1ccccc1)Nc1ccccc1S2. The highest BCUT2D eigenvalue weighted by Crippen LogP contribution is 2.50. The molecule has 0 saturated heterocycles. The van der Waals surface area contributed by atoms with E-state index in [1.54, 1.807) is 11.8 Å². The summed E-state index contributed by atoms with van der Waals surface area (Å²) in [5, 5.41) is 24.7. The predicted molar refractivity (Wildman–Crippen MR) is 131 cm³/mol. The number of hydrogen-bond acceptors (Lipinski definition) is 4. The van der Waals surface area contributed by atoms with E-state index in [0.717, 1.165) is 38.5 Å². The molecule has 160 valence electrons. The van der Waals surface area contributed by atoms with Gasteiger partial charge in [-0.3, -0.25) is 0 Å². The first-order valence-electron chi connectivity index (χ1n) is 10.8. The number of benzene rings is 4. The van der Waals surface area contributed by atoms with Gasteiger partial charge in [-0.15, -0.1) is 0 Å². The molecule has 2 atom stereocenters. The van der Waals surface area contributed by atoms with Crippen molar-refractivity contribution in [1.29, 1.82) is 0 Å². The largest absolute Gasteiger partial charge is 0.395 e. The summed E-state index contributed by atoms with van der Waals surface area (Å²) in [4.78, 5) is 2.31. The molecule has 0 aromatic heterocycles. The third kappa shape index (κ3) is 3.82. The zero-order valence-electron chi connectivity index (χ0n) is 17.6. The van der Waals surface area contributed by atoms with Gasteiger partial charge in [-0.05, 0) is 40.5 Å². The smallest absolute Gasteiger partial charge is 0.0569 e. The summed E-state index contributed by atoms with van der Waals surface area (Å²) < 4.78 is 0. The highest BCUT2D eigenvalue weighted by molar-refractivity contribution is 7.99. The maximum Gasteiger partial charge on any atom is 0.0569 e. The first-order valence-corrected chi connectivity index (χ1v) is 11.6. The number of fused-ring (bicyclic) bond motifs is 2. The van der Waals surface area contributed by atoms with Gasteiger partial charge in [-0.25, -0.2) is 0 Å². The molecule has 4 aromatic carbocycles. The molecule has 32 heavy (non-hydrogen) atoms. The van der Waals surface area contributed by atoms with Gasteiger partial charge < -0.3 is 15.5 Å². The second-order valence-corrected chi connectivity index (χ2v) is 9.04. The van der Waals surface area contributed by atoms with Crippen molar-refractivity contribution in [2.24, 2.45) is 0 Å². The van der Waals surface area contributed by atoms with Crippen LogP contribution in [-0.2, 0) is 0 Å². The van der Waals surface area contributed by atoms with Crippen molar-refractivity contribution in [3.05, 3.63) is 119 Å². The van der Waals surface area contributed by atoms with Crippen LogP contribution in [0.25, 0.3) is 0 Å². The van der Waals surface area contributed by atoms with Gasteiger partial charge >= 0.3 is 0 Å². The molecular weight excluding hydrogens is 414 g/mol. The van der Waals surface area contributed by atoms with Gasteiger partial charge in [0.05, 0.1) is 24.6 Å². The Morgan fingerprint density at radius 2 is 1.22 bits per heavy atom. The monoisotopic (exact) mass is 439 g/mol. The maximum atomic E-state index is 10.6. The summed E-state index contributed by atoms with van der Waals surface area (Å²) in [7, 11) is 0. The molecule has 5 rings (SSSR count). The average molecular weight is 440 g/mol. The van der Waals surface area contributed by atoms with Gasteiger partial charge in [-0.1, -0.05) is 90.6 Å². The van der Waals surface area contributed by atoms with Gasteiger partial charge in [0, 0.05) is 21.6 Å². The van der Waals surface area contributed by atoms with Crippen LogP contribution in [0, 0.1) is 0 Å². The zero-order valence-corrected chi connectivity index (χ0v) is 18.4. The van der Waals surface area contributed by atoms with E-state index in [0.29, 0.717) is 0 Å². The van der Waals surface area contributed by atoms with E-state index in [9.17, 15) is 10.2 Å². The molecular formula is C28H25NO2S. The lowest BCUT2D eigenvalue weighted by molar-refractivity contribution is 0.272. The van der Waals surface area contributed by atoms with Crippen molar-refractivity contribution >= 4 is 23.1 Å². The predicted octanol–water partition coefficient (Wildman–Crippen LogP) is 6.14. The lowest BCUT2D eigenvalue weighted by Crippen LogP contribution is -2.17. The first-order chi connectivity index (χ1) is 15.8.